The van der Waals surface area contributed by atoms with Crippen LogP contribution in [0.3, 0.4) is 0 Å². The van der Waals surface area contributed by atoms with Crippen molar-refractivity contribution < 1.29 is 9.69 Å². The Balaban J connectivity index is 1.27. The fourth-order valence-corrected chi connectivity index (χ4v) is 5.38. The van der Waals surface area contributed by atoms with Gasteiger partial charge in [-0.2, -0.15) is 0 Å². The molecule has 3 aromatic carbocycles. The maximum absolute atomic E-state index is 12.5. The Bertz CT molecular complexity index is 1120. The molecule has 5 heteroatoms. The monoisotopic (exact) mass is 414 g/mol. The molecule has 0 aliphatic carbocycles. The molecule has 5 rings (SSSR count). The van der Waals surface area contributed by atoms with Crippen molar-refractivity contribution in [2.75, 3.05) is 11.9 Å². The Kier molecular flexibility index (Phi) is 5.30. The van der Waals surface area contributed by atoms with Gasteiger partial charge >= 0.3 is 0 Å². The van der Waals surface area contributed by atoms with E-state index in [1.54, 1.807) is 4.90 Å². The Labute approximate surface area is 180 Å². The van der Waals surface area contributed by atoms with E-state index >= 15 is 0 Å². The number of thiazole rings is 1. The SMILES string of the molecule is O=C(Nc1ccccc1)c1ccc(C[NH+]2CCC[C@H]2c2nc3ccccc3s2)cc1. The minimum absolute atomic E-state index is 0.0754. The van der Waals surface area contributed by atoms with Crippen molar-refractivity contribution in [3.8, 4) is 0 Å². The lowest BCUT2D eigenvalue weighted by molar-refractivity contribution is -0.932. The predicted octanol–water partition coefficient (Wildman–Crippen LogP) is 4.47. The standard InChI is InChI=1S/C25H23N3OS/c29-24(26-20-7-2-1-3-8-20)19-14-12-18(13-15-19)17-28-16-6-10-22(28)25-27-21-9-4-5-11-23(21)30-25/h1-5,7-9,11-15,22H,6,10,16-17H2,(H,26,29)/p+1/t22-/m0/s1. The molecule has 0 bridgehead atoms. The first-order chi connectivity index (χ1) is 14.8. The topological polar surface area (TPSA) is 46.4 Å². The molecular formula is C25H24N3OS+. The fourth-order valence-electron chi connectivity index (χ4n) is 4.22. The number of nitrogens with one attached hydrogen (secondary N) is 2. The first-order valence-electron chi connectivity index (χ1n) is 10.4. The normalized spacial score (nSPS) is 18.5. The van der Waals surface area contributed by atoms with Gasteiger partial charge in [0.2, 0.25) is 0 Å². The molecule has 1 aliphatic rings. The number of aromatic nitrogens is 1. The summed E-state index contributed by atoms with van der Waals surface area (Å²) < 4.78 is 1.27. The lowest BCUT2D eigenvalue weighted by Gasteiger charge is -2.20. The summed E-state index contributed by atoms with van der Waals surface area (Å²) in [5.74, 6) is -0.0754. The van der Waals surface area contributed by atoms with E-state index < -0.39 is 0 Å². The molecule has 150 valence electrons. The van der Waals surface area contributed by atoms with Crippen LogP contribution in [0, 0.1) is 0 Å². The van der Waals surface area contributed by atoms with E-state index in [0.29, 0.717) is 11.6 Å². The third kappa shape index (κ3) is 3.99. The van der Waals surface area contributed by atoms with Crippen molar-refractivity contribution in [3.05, 3.63) is 95.0 Å². The van der Waals surface area contributed by atoms with Crippen molar-refractivity contribution >= 4 is 33.1 Å². The molecule has 2 N–H and O–H groups in total. The van der Waals surface area contributed by atoms with Gasteiger partial charge in [-0.1, -0.05) is 42.5 Å². The third-order valence-corrected chi connectivity index (χ3v) is 6.92. The van der Waals surface area contributed by atoms with Crippen LogP contribution in [0.25, 0.3) is 10.2 Å². The number of quaternary nitrogens is 1. The number of likely N-dealkylation sites (tertiary alicyclic amines) is 1. The maximum Gasteiger partial charge on any atom is 0.255 e. The number of benzene rings is 3. The molecule has 1 saturated heterocycles. The zero-order valence-electron chi connectivity index (χ0n) is 16.7. The highest BCUT2D eigenvalue weighted by Crippen LogP contribution is 2.28. The quantitative estimate of drug-likeness (QED) is 0.506. The van der Waals surface area contributed by atoms with Gasteiger partial charge in [0, 0.05) is 29.7 Å². The van der Waals surface area contributed by atoms with Crippen LogP contribution in [0.5, 0.6) is 0 Å². The van der Waals surface area contributed by atoms with E-state index in [4.69, 9.17) is 4.98 Å². The highest BCUT2D eigenvalue weighted by Gasteiger charge is 2.32. The van der Waals surface area contributed by atoms with Crippen molar-refractivity contribution in [1.29, 1.82) is 0 Å². The molecule has 4 aromatic rings. The van der Waals surface area contributed by atoms with Crippen LogP contribution in [-0.2, 0) is 6.54 Å². The van der Waals surface area contributed by atoms with Crippen LogP contribution in [0.2, 0.25) is 0 Å². The number of para-hydroxylation sites is 2. The largest absolute Gasteiger partial charge is 0.323 e. The summed E-state index contributed by atoms with van der Waals surface area (Å²) in [6.07, 6.45) is 2.42. The molecule has 1 fully saturated rings. The number of fused-ring (bicyclic) bond motifs is 1. The second-order valence-electron chi connectivity index (χ2n) is 7.82. The lowest BCUT2D eigenvalue weighted by atomic mass is 10.1. The number of hydrogen-bond donors (Lipinski definition) is 2. The van der Waals surface area contributed by atoms with Crippen molar-refractivity contribution in [1.82, 2.24) is 4.98 Å². The van der Waals surface area contributed by atoms with Gasteiger partial charge in [-0.25, -0.2) is 4.98 Å². The summed E-state index contributed by atoms with van der Waals surface area (Å²) in [5, 5.41) is 4.19. The lowest BCUT2D eigenvalue weighted by Crippen LogP contribution is -3.08. The predicted molar refractivity (Wildman–Crippen MR) is 122 cm³/mol. The van der Waals surface area contributed by atoms with E-state index in [9.17, 15) is 4.79 Å². The summed E-state index contributed by atoms with van der Waals surface area (Å²) in [6.45, 7) is 2.12. The van der Waals surface area contributed by atoms with E-state index in [2.05, 4.69) is 41.7 Å². The van der Waals surface area contributed by atoms with Gasteiger partial charge in [-0.15, -0.1) is 11.3 Å². The van der Waals surface area contributed by atoms with E-state index in [1.807, 2.05) is 53.8 Å². The van der Waals surface area contributed by atoms with Crippen molar-refractivity contribution in [2.45, 2.75) is 25.4 Å². The summed E-state index contributed by atoms with van der Waals surface area (Å²) in [5.41, 5.74) is 3.86. The zero-order valence-corrected chi connectivity index (χ0v) is 17.5. The first kappa shape index (κ1) is 19.0. The second-order valence-corrected chi connectivity index (χ2v) is 8.88. The highest BCUT2D eigenvalue weighted by atomic mass is 32.1. The van der Waals surface area contributed by atoms with Crippen LogP contribution >= 0.6 is 11.3 Å². The maximum atomic E-state index is 12.5. The molecule has 4 nitrogen and oxygen atoms in total. The van der Waals surface area contributed by atoms with Crippen LogP contribution in [0.15, 0.2) is 78.9 Å². The van der Waals surface area contributed by atoms with Crippen LogP contribution in [0.1, 0.15) is 39.8 Å². The number of carbonyl (C=O) groups excluding carboxylic acids is 1. The fraction of sp³-hybridized carbons (Fsp3) is 0.200. The van der Waals surface area contributed by atoms with Gasteiger partial charge in [0.25, 0.3) is 5.91 Å². The third-order valence-electron chi connectivity index (χ3n) is 5.77. The average Bonchev–Trinajstić information content (AvgIpc) is 3.41. The zero-order chi connectivity index (χ0) is 20.3. The van der Waals surface area contributed by atoms with E-state index in [1.165, 1.54) is 28.1 Å². The second kappa shape index (κ2) is 8.38. The number of rotatable bonds is 5. The molecule has 1 aromatic heterocycles. The molecule has 1 aliphatic heterocycles. The molecule has 0 saturated carbocycles. The molecule has 30 heavy (non-hydrogen) atoms. The first-order valence-corrected chi connectivity index (χ1v) is 11.2. The molecule has 0 spiro atoms. The minimum atomic E-state index is -0.0754. The van der Waals surface area contributed by atoms with Crippen LogP contribution in [0.4, 0.5) is 5.69 Å². The Hall–Kier alpha value is -3.02. The van der Waals surface area contributed by atoms with E-state index in [0.717, 1.165) is 24.3 Å². The molecule has 0 radical (unpaired) electrons. The molecule has 1 unspecified atom stereocenters. The summed E-state index contributed by atoms with van der Waals surface area (Å²) >= 11 is 1.83. The summed E-state index contributed by atoms with van der Waals surface area (Å²) in [7, 11) is 0. The van der Waals surface area contributed by atoms with Gasteiger partial charge in [0.1, 0.15) is 12.6 Å². The highest BCUT2D eigenvalue weighted by molar-refractivity contribution is 7.18. The number of hydrogen-bond acceptors (Lipinski definition) is 3. The van der Waals surface area contributed by atoms with Gasteiger partial charge in [0.15, 0.2) is 5.01 Å². The van der Waals surface area contributed by atoms with Crippen LogP contribution in [-0.4, -0.2) is 17.4 Å². The van der Waals surface area contributed by atoms with Gasteiger partial charge in [0.05, 0.1) is 16.8 Å². The molecular weight excluding hydrogens is 390 g/mol. The Morgan fingerprint density at radius 2 is 1.77 bits per heavy atom. The summed E-state index contributed by atoms with van der Waals surface area (Å²) in [4.78, 5) is 18.9. The molecule has 1 amide bonds. The number of amides is 1. The smallest absolute Gasteiger partial charge is 0.255 e. The molecule has 2 atom stereocenters. The van der Waals surface area contributed by atoms with Crippen molar-refractivity contribution in [2.24, 2.45) is 0 Å². The summed E-state index contributed by atoms with van der Waals surface area (Å²) in [6, 6.07) is 26.4. The van der Waals surface area contributed by atoms with Gasteiger partial charge in [-0.05, 0) is 36.4 Å². The van der Waals surface area contributed by atoms with Crippen molar-refractivity contribution in [3.63, 3.8) is 0 Å². The minimum Gasteiger partial charge on any atom is -0.323 e. The average molecular weight is 415 g/mol. The number of nitrogens with zero attached hydrogens (tertiary/aromatic N) is 1. The number of anilines is 1. The molecule has 2 heterocycles. The Morgan fingerprint density at radius 1 is 1.00 bits per heavy atom. The van der Waals surface area contributed by atoms with Gasteiger partial charge in [-0.3, -0.25) is 4.79 Å². The number of carbonyl (C=O) groups is 1. The van der Waals surface area contributed by atoms with Crippen LogP contribution < -0.4 is 10.2 Å². The Morgan fingerprint density at radius 3 is 2.57 bits per heavy atom. The van der Waals surface area contributed by atoms with E-state index in [-0.39, 0.29) is 5.91 Å². The van der Waals surface area contributed by atoms with Gasteiger partial charge < -0.3 is 10.2 Å².